The van der Waals surface area contributed by atoms with Crippen molar-refractivity contribution in [2.75, 3.05) is 0 Å². The second-order valence-corrected chi connectivity index (χ2v) is 13.5. The third-order valence-electron chi connectivity index (χ3n) is 10.3. The van der Waals surface area contributed by atoms with Gasteiger partial charge in [-0.15, -0.1) is 0 Å². The van der Waals surface area contributed by atoms with E-state index in [2.05, 4.69) is 47.4 Å². The number of hydrogen-bond donors (Lipinski definition) is 0. The van der Waals surface area contributed by atoms with Crippen molar-refractivity contribution in [3.63, 3.8) is 0 Å². The van der Waals surface area contributed by atoms with Crippen LogP contribution in [-0.4, -0.2) is 22.0 Å². The first-order valence-corrected chi connectivity index (χ1v) is 14.6. The summed E-state index contributed by atoms with van der Waals surface area (Å²) >= 11 is 4.77. The van der Waals surface area contributed by atoms with Crippen LogP contribution in [-0.2, 0) is 6.42 Å². The average molecular weight is 475 g/mol. The molecule has 1 aromatic rings. The van der Waals surface area contributed by atoms with Gasteiger partial charge >= 0.3 is 0 Å². The first-order valence-electron chi connectivity index (χ1n) is 14.2. The summed E-state index contributed by atoms with van der Waals surface area (Å²) in [4.78, 5) is 9.78. The van der Waals surface area contributed by atoms with Crippen LogP contribution in [0.4, 0.5) is 0 Å². The highest BCUT2D eigenvalue weighted by Gasteiger charge is 2.52. The molecule has 0 unspecified atom stereocenters. The minimum Gasteiger partial charge on any atom is -0.288 e. The molecule has 8 fully saturated rings. The summed E-state index contributed by atoms with van der Waals surface area (Å²) in [7, 11) is 0. The number of benzene rings is 1. The molecule has 8 bridgehead atoms. The molecule has 182 valence electrons. The summed E-state index contributed by atoms with van der Waals surface area (Å²) in [6, 6.07) is 10.8. The van der Waals surface area contributed by atoms with Gasteiger partial charge in [0.1, 0.15) is 0 Å². The zero-order valence-corrected chi connectivity index (χ0v) is 21.9. The molecular weight excluding hydrogens is 432 g/mol. The Kier molecular flexibility index (Phi) is 6.31. The van der Waals surface area contributed by atoms with Crippen LogP contribution in [0.5, 0.6) is 0 Å². The minimum absolute atomic E-state index is 0.260. The number of hydrogen-bond acceptors (Lipinski definition) is 3. The van der Waals surface area contributed by atoms with Crippen LogP contribution in [0.25, 0.3) is 0 Å². The number of nitrogens with zero attached hydrogens (tertiary/aromatic N) is 2. The van der Waals surface area contributed by atoms with Crippen molar-refractivity contribution < 1.29 is 0 Å². The molecule has 0 aliphatic heterocycles. The molecule has 1 aromatic carbocycles. The summed E-state index contributed by atoms with van der Waals surface area (Å²) < 4.78 is 0. The van der Waals surface area contributed by atoms with E-state index < -0.39 is 0 Å². The fourth-order valence-electron chi connectivity index (χ4n) is 9.93. The van der Waals surface area contributed by atoms with E-state index in [-0.39, 0.29) is 5.54 Å². The van der Waals surface area contributed by atoms with Crippen LogP contribution in [0.1, 0.15) is 96.0 Å². The Morgan fingerprint density at radius 3 is 1.65 bits per heavy atom. The van der Waals surface area contributed by atoms with Crippen LogP contribution in [0.3, 0.4) is 0 Å². The molecule has 8 saturated carbocycles. The Morgan fingerprint density at radius 1 is 0.765 bits per heavy atom. The van der Waals surface area contributed by atoms with Crippen LogP contribution in [0, 0.1) is 35.5 Å². The Hall–Kier alpha value is -1.31. The van der Waals surface area contributed by atoms with Crippen molar-refractivity contribution in [1.82, 2.24) is 0 Å². The SMILES string of the molecule is CC(CCc1ccccc1)=NC12CC3CC(CC(C3)C1)C2.S=C=NC12CC3CC(CC(C3)C1)C2. The highest BCUT2D eigenvalue weighted by atomic mass is 32.1. The van der Waals surface area contributed by atoms with E-state index in [1.54, 1.807) is 0 Å². The van der Waals surface area contributed by atoms with E-state index in [0.717, 1.165) is 48.3 Å². The van der Waals surface area contributed by atoms with E-state index in [9.17, 15) is 0 Å². The quantitative estimate of drug-likeness (QED) is 0.312. The van der Waals surface area contributed by atoms with Gasteiger partial charge in [0.2, 0.25) is 0 Å². The van der Waals surface area contributed by atoms with E-state index in [0.29, 0.717) is 5.54 Å². The summed E-state index contributed by atoms with van der Waals surface area (Å²) in [5, 5.41) is 2.63. The maximum absolute atomic E-state index is 5.30. The summed E-state index contributed by atoms with van der Waals surface area (Å²) in [5.74, 6) is 5.92. The molecule has 0 atom stereocenters. The third-order valence-corrected chi connectivity index (χ3v) is 10.4. The molecule has 0 saturated heterocycles. The van der Waals surface area contributed by atoms with E-state index in [4.69, 9.17) is 17.2 Å². The largest absolute Gasteiger partial charge is 0.288 e. The van der Waals surface area contributed by atoms with Crippen LogP contribution < -0.4 is 0 Å². The third kappa shape index (κ3) is 4.85. The number of aliphatic imine (C=N–C) groups is 2. The van der Waals surface area contributed by atoms with Gasteiger partial charge in [-0.3, -0.25) is 4.99 Å². The molecule has 34 heavy (non-hydrogen) atoms. The number of aryl methyl sites for hydroxylation is 1. The monoisotopic (exact) mass is 474 g/mol. The maximum atomic E-state index is 5.30. The zero-order chi connectivity index (χ0) is 23.2. The number of isothiocyanates is 1. The average Bonchev–Trinajstić information content (AvgIpc) is 2.77. The summed E-state index contributed by atoms with van der Waals surface area (Å²) in [6.45, 7) is 2.27. The van der Waals surface area contributed by atoms with Crippen molar-refractivity contribution >= 4 is 23.1 Å². The molecule has 0 amide bonds. The molecule has 8 aliphatic rings. The lowest BCUT2D eigenvalue weighted by Crippen LogP contribution is -2.49. The van der Waals surface area contributed by atoms with E-state index in [1.807, 2.05) is 0 Å². The number of thiocarbonyl (C=S) groups is 1. The topological polar surface area (TPSA) is 24.7 Å². The van der Waals surface area contributed by atoms with Crippen molar-refractivity contribution in [2.45, 2.75) is 108 Å². The van der Waals surface area contributed by atoms with Gasteiger partial charge in [0.05, 0.1) is 16.2 Å². The van der Waals surface area contributed by atoms with Gasteiger partial charge in [0, 0.05) is 5.71 Å². The minimum atomic E-state index is 0.260. The molecule has 8 aliphatic carbocycles. The van der Waals surface area contributed by atoms with Gasteiger partial charge in [-0.1, -0.05) is 30.3 Å². The van der Waals surface area contributed by atoms with E-state index >= 15 is 0 Å². The lowest BCUT2D eigenvalue weighted by Gasteiger charge is -2.55. The van der Waals surface area contributed by atoms with Crippen LogP contribution in [0.2, 0.25) is 0 Å². The summed E-state index contributed by atoms with van der Waals surface area (Å²) in [6.07, 6.45) is 19.3. The molecule has 0 aromatic heterocycles. The molecule has 2 nitrogen and oxygen atoms in total. The van der Waals surface area contributed by atoms with Crippen molar-refractivity contribution in [3.8, 4) is 0 Å². The lowest BCUT2D eigenvalue weighted by molar-refractivity contribution is 0.00152. The van der Waals surface area contributed by atoms with Gasteiger partial charge in [0.25, 0.3) is 0 Å². The first kappa shape index (κ1) is 23.1. The number of rotatable bonds is 5. The highest BCUT2D eigenvalue weighted by molar-refractivity contribution is 7.78. The Bertz CT molecular complexity index is 886. The van der Waals surface area contributed by atoms with Crippen molar-refractivity contribution in [1.29, 1.82) is 0 Å². The normalized spacial score (nSPS) is 43.3. The molecule has 0 heterocycles. The Morgan fingerprint density at radius 2 is 1.21 bits per heavy atom. The standard InChI is InChI=1S/C20H27N.C11H15NS/c1-15(7-8-16-5-3-2-4-6-16)21-20-12-17-9-18(13-20)11-19(10-17)14-20;13-7-12-11-4-8-1-9(5-11)3-10(2-8)6-11/h2-6,17-19H,7-14H2,1H3;8-10H,1-6H2. The van der Waals surface area contributed by atoms with Gasteiger partial charge in [0.15, 0.2) is 0 Å². The maximum Gasteiger partial charge on any atom is 0.0719 e. The Labute approximate surface area is 212 Å². The molecular formula is C31H42N2S. The molecule has 0 radical (unpaired) electrons. The van der Waals surface area contributed by atoms with Crippen LogP contribution >= 0.6 is 12.2 Å². The Balaban J connectivity index is 0.000000143. The van der Waals surface area contributed by atoms with Crippen LogP contribution in [0.15, 0.2) is 40.3 Å². The van der Waals surface area contributed by atoms with Crippen molar-refractivity contribution in [3.05, 3.63) is 35.9 Å². The van der Waals surface area contributed by atoms with Gasteiger partial charge in [-0.05, 0) is 150 Å². The van der Waals surface area contributed by atoms with Gasteiger partial charge in [-0.25, -0.2) is 4.99 Å². The van der Waals surface area contributed by atoms with E-state index in [1.165, 1.54) is 88.3 Å². The zero-order valence-electron chi connectivity index (χ0n) is 21.1. The molecule has 3 heteroatoms. The highest BCUT2D eigenvalue weighted by Crippen LogP contribution is 2.58. The summed E-state index contributed by atoms with van der Waals surface area (Å²) in [5.41, 5.74) is 3.45. The van der Waals surface area contributed by atoms with Gasteiger partial charge < -0.3 is 0 Å². The molecule has 0 N–H and O–H groups in total. The predicted octanol–water partition coefficient (Wildman–Crippen LogP) is 8.11. The second-order valence-electron chi connectivity index (χ2n) is 13.3. The first-order chi connectivity index (χ1) is 16.5. The predicted molar refractivity (Wildman–Crippen MR) is 145 cm³/mol. The fourth-order valence-corrected chi connectivity index (χ4v) is 10.1. The smallest absolute Gasteiger partial charge is 0.0719 e. The second kappa shape index (κ2) is 9.29. The van der Waals surface area contributed by atoms with Crippen molar-refractivity contribution in [2.24, 2.45) is 45.5 Å². The molecule has 9 rings (SSSR count). The fraction of sp³-hybridized carbons (Fsp3) is 0.742. The lowest BCUT2D eigenvalue weighted by atomic mass is 9.53. The van der Waals surface area contributed by atoms with Gasteiger partial charge in [-0.2, -0.15) is 0 Å². The molecule has 0 spiro atoms.